The van der Waals surface area contributed by atoms with Crippen LogP contribution in [-0.2, 0) is 13.0 Å². The van der Waals surface area contributed by atoms with Gasteiger partial charge in [-0.3, -0.25) is 0 Å². The maximum atomic E-state index is 13.1. The van der Waals surface area contributed by atoms with E-state index in [9.17, 15) is 4.79 Å². The Labute approximate surface area is 189 Å². The molecule has 0 atom stereocenters. The van der Waals surface area contributed by atoms with Crippen molar-refractivity contribution in [3.63, 3.8) is 0 Å². The minimum absolute atomic E-state index is 0.148. The quantitative estimate of drug-likeness (QED) is 0.465. The summed E-state index contributed by atoms with van der Waals surface area (Å²) in [6, 6.07) is 23.0. The van der Waals surface area contributed by atoms with Crippen molar-refractivity contribution in [1.29, 1.82) is 0 Å². The van der Waals surface area contributed by atoms with Crippen molar-refractivity contribution in [2.24, 2.45) is 0 Å². The average Bonchev–Trinajstić information content (AvgIpc) is 2.83. The number of nitrogens with one attached hydrogen (secondary N) is 1. The van der Waals surface area contributed by atoms with Gasteiger partial charge in [-0.2, -0.15) is 0 Å². The van der Waals surface area contributed by atoms with Crippen molar-refractivity contribution in [2.75, 3.05) is 32.7 Å². The zero-order chi connectivity index (χ0) is 22.8. The van der Waals surface area contributed by atoms with Gasteiger partial charge < -0.3 is 24.4 Å². The first-order chi connectivity index (χ1) is 15.6. The minimum Gasteiger partial charge on any atom is -0.494 e. The lowest BCUT2D eigenvalue weighted by atomic mass is 10.1. The van der Waals surface area contributed by atoms with Gasteiger partial charge in [0.2, 0.25) is 0 Å². The van der Waals surface area contributed by atoms with E-state index in [1.54, 1.807) is 19.1 Å². The van der Waals surface area contributed by atoms with Crippen molar-refractivity contribution in [1.82, 2.24) is 4.90 Å². The molecule has 3 aromatic carbocycles. The predicted molar refractivity (Wildman–Crippen MR) is 127 cm³/mol. The number of para-hydroxylation sites is 1. The Bertz CT molecular complexity index is 990. The Morgan fingerprint density at radius 1 is 0.875 bits per heavy atom. The molecule has 3 rings (SSSR count). The van der Waals surface area contributed by atoms with Gasteiger partial charge in [0.05, 0.1) is 20.8 Å². The number of amides is 2. The van der Waals surface area contributed by atoms with Crippen LogP contribution in [0.2, 0.25) is 0 Å². The molecule has 6 heteroatoms. The molecule has 0 aromatic heterocycles. The van der Waals surface area contributed by atoms with Crippen LogP contribution >= 0.6 is 0 Å². The summed E-state index contributed by atoms with van der Waals surface area (Å²) >= 11 is 0. The fourth-order valence-electron chi connectivity index (χ4n) is 3.35. The maximum Gasteiger partial charge on any atom is 0.322 e. The van der Waals surface area contributed by atoms with Crippen LogP contribution in [0.15, 0.2) is 72.8 Å². The SMILES string of the molecule is CCOc1ccc(CN(CCc2ccc(OC)c(OC)c2)C(=O)Nc2ccccc2)cc1. The highest BCUT2D eigenvalue weighted by Gasteiger charge is 2.15. The lowest BCUT2D eigenvalue weighted by Crippen LogP contribution is -2.36. The van der Waals surface area contributed by atoms with Crippen LogP contribution in [-0.4, -0.2) is 38.3 Å². The first-order valence-electron chi connectivity index (χ1n) is 10.7. The number of urea groups is 1. The number of carbonyl (C=O) groups is 1. The molecule has 0 saturated carbocycles. The van der Waals surface area contributed by atoms with E-state index in [1.807, 2.05) is 79.7 Å². The second-order valence-corrected chi connectivity index (χ2v) is 7.23. The number of rotatable bonds is 10. The van der Waals surface area contributed by atoms with Crippen molar-refractivity contribution in [3.8, 4) is 17.2 Å². The van der Waals surface area contributed by atoms with Gasteiger partial charge in [0.25, 0.3) is 0 Å². The molecule has 0 heterocycles. The van der Waals surface area contributed by atoms with Gasteiger partial charge in [0.15, 0.2) is 11.5 Å². The molecular weight excluding hydrogens is 404 g/mol. The molecule has 0 fully saturated rings. The monoisotopic (exact) mass is 434 g/mol. The molecule has 0 unspecified atom stereocenters. The molecule has 0 aliphatic carbocycles. The fourth-order valence-corrected chi connectivity index (χ4v) is 3.35. The number of anilines is 1. The molecule has 0 aliphatic rings. The van der Waals surface area contributed by atoms with E-state index in [0.29, 0.717) is 37.6 Å². The molecule has 0 aliphatic heterocycles. The molecule has 2 amide bonds. The third-order valence-electron chi connectivity index (χ3n) is 5.04. The summed E-state index contributed by atoms with van der Waals surface area (Å²) in [6.45, 7) is 3.60. The van der Waals surface area contributed by atoms with E-state index < -0.39 is 0 Å². The normalized spacial score (nSPS) is 10.3. The number of benzene rings is 3. The van der Waals surface area contributed by atoms with E-state index in [2.05, 4.69) is 5.32 Å². The lowest BCUT2D eigenvalue weighted by Gasteiger charge is -2.24. The first-order valence-corrected chi connectivity index (χ1v) is 10.7. The molecule has 3 aromatic rings. The standard InChI is InChI=1S/C26H30N2O4/c1-4-32-23-13-10-21(11-14-23)19-28(26(29)27-22-8-6-5-7-9-22)17-16-20-12-15-24(30-2)25(18-20)31-3/h5-15,18H,4,16-17,19H2,1-3H3,(H,27,29). The summed E-state index contributed by atoms with van der Waals surface area (Å²) in [7, 11) is 3.23. The van der Waals surface area contributed by atoms with E-state index in [4.69, 9.17) is 14.2 Å². The predicted octanol–water partition coefficient (Wildman–Crippen LogP) is 5.38. The number of methoxy groups -OCH3 is 2. The Hall–Kier alpha value is -3.67. The average molecular weight is 435 g/mol. The van der Waals surface area contributed by atoms with Gasteiger partial charge in [-0.25, -0.2) is 4.79 Å². The molecule has 32 heavy (non-hydrogen) atoms. The van der Waals surface area contributed by atoms with E-state index in [1.165, 1.54) is 0 Å². The fraction of sp³-hybridized carbons (Fsp3) is 0.269. The number of ether oxygens (including phenoxy) is 3. The van der Waals surface area contributed by atoms with Gasteiger partial charge in [-0.05, 0) is 60.9 Å². The highest BCUT2D eigenvalue weighted by atomic mass is 16.5. The maximum absolute atomic E-state index is 13.1. The summed E-state index contributed by atoms with van der Waals surface area (Å²) in [5, 5.41) is 2.99. The third-order valence-corrected chi connectivity index (χ3v) is 5.04. The minimum atomic E-state index is -0.148. The third kappa shape index (κ3) is 6.41. The number of hydrogen-bond donors (Lipinski definition) is 1. The van der Waals surface area contributed by atoms with Gasteiger partial charge in [0, 0.05) is 18.8 Å². The van der Waals surface area contributed by atoms with Crippen molar-refractivity contribution in [3.05, 3.63) is 83.9 Å². The van der Waals surface area contributed by atoms with Crippen molar-refractivity contribution >= 4 is 11.7 Å². The topological polar surface area (TPSA) is 60.0 Å². The van der Waals surface area contributed by atoms with E-state index >= 15 is 0 Å². The van der Waals surface area contributed by atoms with Gasteiger partial charge in [-0.15, -0.1) is 0 Å². The zero-order valence-electron chi connectivity index (χ0n) is 18.8. The molecule has 1 N–H and O–H groups in total. The number of nitrogens with zero attached hydrogens (tertiary/aromatic N) is 1. The highest BCUT2D eigenvalue weighted by molar-refractivity contribution is 5.89. The number of hydrogen-bond acceptors (Lipinski definition) is 4. The molecule has 6 nitrogen and oxygen atoms in total. The van der Waals surface area contributed by atoms with Crippen molar-refractivity contribution in [2.45, 2.75) is 19.9 Å². The van der Waals surface area contributed by atoms with Crippen LogP contribution < -0.4 is 19.5 Å². The van der Waals surface area contributed by atoms with Gasteiger partial charge >= 0.3 is 6.03 Å². The Morgan fingerprint density at radius 3 is 2.22 bits per heavy atom. The van der Waals surface area contributed by atoms with E-state index in [-0.39, 0.29) is 6.03 Å². The smallest absolute Gasteiger partial charge is 0.322 e. The van der Waals surface area contributed by atoms with Crippen LogP contribution in [0.3, 0.4) is 0 Å². The largest absolute Gasteiger partial charge is 0.494 e. The summed E-state index contributed by atoms with van der Waals surface area (Å²) in [4.78, 5) is 14.9. The Morgan fingerprint density at radius 2 is 1.56 bits per heavy atom. The van der Waals surface area contributed by atoms with E-state index in [0.717, 1.165) is 22.6 Å². The second-order valence-electron chi connectivity index (χ2n) is 7.23. The van der Waals surface area contributed by atoms with Crippen molar-refractivity contribution < 1.29 is 19.0 Å². The Balaban J connectivity index is 1.74. The molecule has 0 saturated heterocycles. The zero-order valence-corrected chi connectivity index (χ0v) is 18.8. The summed E-state index contributed by atoms with van der Waals surface area (Å²) in [5.74, 6) is 2.18. The van der Waals surface area contributed by atoms with Crippen LogP contribution in [0.1, 0.15) is 18.1 Å². The first kappa shape index (κ1) is 23.0. The van der Waals surface area contributed by atoms with Crippen LogP contribution in [0.4, 0.5) is 10.5 Å². The summed E-state index contributed by atoms with van der Waals surface area (Å²) in [6.07, 6.45) is 0.680. The summed E-state index contributed by atoms with van der Waals surface area (Å²) < 4.78 is 16.2. The van der Waals surface area contributed by atoms with Crippen LogP contribution in [0.5, 0.6) is 17.2 Å². The van der Waals surface area contributed by atoms with Gasteiger partial charge in [0.1, 0.15) is 5.75 Å². The molecule has 0 bridgehead atoms. The second kappa shape index (κ2) is 11.6. The molecular formula is C26H30N2O4. The molecule has 0 radical (unpaired) electrons. The van der Waals surface area contributed by atoms with Gasteiger partial charge in [-0.1, -0.05) is 36.4 Å². The molecule has 168 valence electrons. The van der Waals surface area contributed by atoms with Crippen LogP contribution in [0, 0.1) is 0 Å². The lowest BCUT2D eigenvalue weighted by molar-refractivity contribution is 0.209. The highest BCUT2D eigenvalue weighted by Crippen LogP contribution is 2.28. The Kier molecular flexibility index (Phi) is 8.37. The number of carbonyl (C=O) groups excluding carboxylic acids is 1. The van der Waals surface area contributed by atoms with Crippen LogP contribution in [0.25, 0.3) is 0 Å². The summed E-state index contributed by atoms with van der Waals surface area (Å²) in [5.41, 5.74) is 2.86. The molecule has 0 spiro atoms.